The minimum absolute atomic E-state index is 0.0706. The molecule has 0 saturated carbocycles. The molecule has 1 aliphatic carbocycles. The summed E-state index contributed by atoms with van der Waals surface area (Å²) >= 11 is 0. The van der Waals surface area contributed by atoms with E-state index < -0.39 is 0 Å². The van der Waals surface area contributed by atoms with Gasteiger partial charge in [-0.2, -0.15) is 0 Å². The van der Waals surface area contributed by atoms with Crippen LogP contribution < -0.4 is 9.47 Å². The van der Waals surface area contributed by atoms with Crippen molar-refractivity contribution in [2.75, 3.05) is 46.9 Å². The molecule has 0 aromatic heterocycles. The number of hydrogen-bond acceptors (Lipinski definition) is 4. The Morgan fingerprint density at radius 2 is 1.84 bits per heavy atom. The monoisotopic (exact) mass is 344 g/mol. The van der Waals surface area contributed by atoms with Crippen LogP contribution in [0, 0.1) is 5.92 Å². The average molecular weight is 344 g/mol. The van der Waals surface area contributed by atoms with Gasteiger partial charge in [0.05, 0.1) is 14.2 Å². The van der Waals surface area contributed by atoms with Gasteiger partial charge >= 0.3 is 0 Å². The Morgan fingerprint density at radius 3 is 2.48 bits per heavy atom. The predicted molar refractivity (Wildman–Crippen MR) is 98.4 cm³/mol. The number of allylic oxidation sites excluding steroid dienone is 2. The van der Waals surface area contributed by atoms with E-state index in [0.717, 1.165) is 38.6 Å². The first kappa shape index (κ1) is 17.8. The van der Waals surface area contributed by atoms with Gasteiger partial charge in [-0.1, -0.05) is 12.2 Å². The van der Waals surface area contributed by atoms with Gasteiger partial charge in [-0.05, 0) is 43.4 Å². The Balaban J connectivity index is 1.55. The molecule has 136 valence electrons. The summed E-state index contributed by atoms with van der Waals surface area (Å²) in [7, 11) is 3.19. The van der Waals surface area contributed by atoms with Crippen LogP contribution in [0.4, 0.5) is 0 Å². The van der Waals surface area contributed by atoms with E-state index in [-0.39, 0.29) is 5.91 Å². The van der Waals surface area contributed by atoms with Crippen LogP contribution in [0.1, 0.15) is 29.6 Å². The van der Waals surface area contributed by atoms with E-state index in [2.05, 4.69) is 17.1 Å². The zero-order chi connectivity index (χ0) is 17.6. The highest BCUT2D eigenvalue weighted by atomic mass is 16.5. The first-order valence-corrected chi connectivity index (χ1v) is 9.10. The Kier molecular flexibility index (Phi) is 5.97. The van der Waals surface area contributed by atoms with Crippen LogP contribution in [-0.4, -0.2) is 62.7 Å². The highest BCUT2D eigenvalue weighted by Gasteiger charge is 2.24. The topological polar surface area (TPSA) is 42.0 Å². The lowest BCUT2D eigenvalue weighted by Gasteiger charge is -2.36. The standard InChI is InChI=1S/C20H28N2O3/c1-24-18-9-8-17(14-19(18)25-2)20(23)22-12-10-21(11-13-22)15-16-6-4-3-5-7-16/h3-4,8-9,14,16H,5-7,10-13,15H2,1-2H3/t16-/m0/s1. The maximum atomic E-state index is 12.8. The average Bonchev–Trinajstić information content (AvgIpc) is 2.68. The van der Waals surface area contributed by atoms with Crippen molar-refractivity contribution in [3.05, 3.63) is 35.9 Å². The highest BCUT2D eigenvalue weighted by molar-refractivity contribution is 5.95. The fourth-order valence-electron chi connectivity index (χ4n) is 3.67. The van der Waals surface area contributed by atoms with Crippen molar-refractivity contribution in [3.63, 3.8) is 0 Å². The second kappa shape index (κ2) is 8.39. The van der Waals surface area contributed by atoms with Gasteiger partial charge in [0.1, 0.15) is 0 Å². The van der Waals surface area contributed by atoms with E-state index in [1.165, 1.54) is 19.3 Å². The van der Waals surface area contributed by atoms with Crippen LogP contribution in [-0.2, 0) is 0 Å². The zero-order valence-corrected chi connectivity index (χ0v) is 15.2. The maximum absolute atomic E-state index is 12.8. The molecule has 3 rings (SSSR count). The molecule has 0 spiro atoms. The summed E-state index contributed by atoms with van der Waals surface area (Å²) in [6.07, 6.45) is 8.30. The molecule has 1 fully saturated rings. The van der Waals surface area contributed by atoms with Gasteiger partial charge in [-0.3, -0.25) is 9.69 Å². The van der Waals surface area contributed by atoms with Crippen molar-refractivity contribution in [2.24, 2.45) is 5.92 Å². The molecule has 1 amide bonds. The molecule has 1 aliphatic heterocycles. The molecule has 1 atom stereocenters. The summed E-state index contributed by atoms with van der Waals surface area (Å²) in [5, 5.41) is 0. The fraction of sp³-hybridized carbons (Fsp3) is 0.550. The molecule has 0 bridgehead atoms. The van der Waals surface area contributed by atoms with E-state index >= 15 is 0 Å². The summed E-state index contributed by atoms with van der Waals surface area (Å²) in [6, 6.07) is 5.37. The number of methoxy groups -OCH3 is 2. The molecule has 0 N–H and O–H groups in total. The number of nitrogens with zero attached hydrogens (tertiary/aromatic N) is 2. The molecule has 1 heterocycles. The van der Waals surface area contributed by atoms with Crippen LogP contribution in [0.15, 0.2) is 30.4 Å². The van der Waals surface area contributed by atoms with Crippen molar-refractivity contribution >= 4 is 5.91 Å². The minimum atomic E-state index is 0.0706. The van der Waals surface area contributed by atoms with Gasteiger partial charge in [0.25, 0.3) is 5.91 Å². The number of carbonyl (C=O) groups is 1. The third-order valence-corrected chi connectivity index (χ3v) is 5.18. The quantitative estimate of drug-likeness (QED) is 0.771. The first-order chi connectivity index (χ1) is 12.2. The number of rotatable bonds is 5. The predicted octanol–water partition coefficient (Wildman–Crippen LogP) is 2.82. The summed E-state index contributed by atoms with van der Waals surface area (Å²) < 4.78 is 10.5. The molecule has 5 heteroatoms. The molecular weight excluding hydrogens is 316 g/mol. The SMILES string of the molecule is COc1ccc(C(=O)N2CCN(C[C@H]3CC=CCC3)CC2)cc1OC. The largest absolute Gasteiger partial charge is 0.493 e. The lowest BCUT2D eigenvalue weighted by Crippen LogP contribution is -2.49. The molecule has 0 radical (unpaired) electrons. The lowest BCUT2D eigenvalue weighted by atomic mass is 9.94. The Morgan fingerprint density at radius 1 is 1.08 bits per heavy atom. The van der Waals surface area contributed by atoms with Gasteiger partial charge in [-0.15, -0.1) is 0 Å². The van der Waals surface area contributed by atoms with Crippen LogP contribution in [0.3, 0.4) is 0 Å². The number of benzene rings is 1. The van der Waals surface area contributed by atoms with Crippen molar-refractivity contribution in [1.29, 1.82) is 0 Å². The van der Waals surface area contributed by atoms with Crippen molar-refractivity contribution in [2.45, 2.75) is 19.3 Å². The Hall–Kier alpha value is -2.01. The summed E-state index contributed by atoms with van der Waals surface area (Å²) in [6.45, 7) is 4.65. The Bertz CT molecular complexity index is 621. The van der Waals surface area contributed by atoms with Crippen molar-refractivity contribution in [3.8, 4) is 11.5 Å². The second-order valence-electron chi connectivity index (χ2n) is 6.81. The Labute approximate surface area is 150 Å². The molecule has 25 heavy (non-hydrogen) atoms. The summed E-state index contributed by atoms with van der Waals surface area (Å²) in [5.41, 5.74) is 0.656. The van der Waals surface area contributed by atoms with Crippen LogP contribution in [0.2, 0.25) is 0 Å². The number of carbonyl (C=O) groups excluding carboxylic acids is 1. The van der Waals surface area contributed by atoms with Crippen molar-refractivity contribution in [1.82, 2.24) is 9.80 Å². The summed E-state index contributed by atoms with van der Waals surface area (Å²) in [4.78, 5) is 17.2. The number of amides is 1. The number of hydrogen-bond donors (Lipinski definition) is 0. The third-order valence-electron chi connectivity index (χ3n) is 5.18. The molecule has 1 aromatic carbocycles. The lowest BCUT2D eigenvalue weighted by molar-refractivity contribution is 0.0614. The summed E-state index contributed by atoms with van der Waals surface area (Å²) in [5.74, 6) is 2.09. The van der Waals surface area contributed by atoms with E-state index in [0.29, 0.717) is 17.1 Å². The minimum Gasteiger partial charge on any atom is -0.493 e. The second-order valence-corrected chi connectivity index (χ2v) is 6.81. The van der Waals surface area contributed by atoms with Gasteiger partial charge in [0.15, 0.2) is 11.5 Å². The van der Waals surface area contributed by atoms with Crippen molar-refractivity contribution < 1.29 is 14.3 Å². The number of ether oxygens (including phenoxy) is 2. The van der Waals surface area contributed by atoms with Gasteiger partial charge < -0.3 is 14.4 Å². The third kappa shape index (κ3) is 4.34. The van der Waals surface area contributed by atoms with Crippen LogP contribution in [0.5, 0.6) is 11.5 Å². The smallest absolute Gasteiger partial charge is 0.254 e. The molecule has 1 aromatic rings. The van der Waals surface area contributed by atoms with E-state index in [1.807, 2.05) is 11.0 Å². The fourth-order valence-corrected chi connectivity index (χ4v) is 3.67. The van der Waals surface area contributed by atoms with Gasteiger partial charge in [0.2, 0.25) is 0 Å². The molecule has 1 saturated heterocycles. The van der Waals surface area contributed by atoms with E-state index in [1.54, 1.807) is 26.4 Å². The zero-order valence-electron chi connectivity index (χ0n) is 15.2. The van der Waals surface area contributed by atoms with Crippen LogP contribution >= 0.6 is 0 Å². The first-order valence-electron chi connectivity index (χ1n) is 9.10. The number of piperazine rings is 1. The highest BCUT2D eigenvalue weighted by Crippen LogP contribution is 2.28. The molecule has 0 unspecified atom stereocenters. The van der Waals surface area contributed by atoms with E-state index in [4.69, 9.17) is 9.47 Å². The van der Waals surface area contributed by atoms with Gasteiger partial charge in [-0.25, -0.2) is 0 Å². The molecule has 2 aliphatic rings. The molecular formula is C20H28N2O3. The van der Waals surface area contributed by atoms with Crippen LogP contribution in [0.25, 0.3) is 0 Å². The molecule has 5 nitrogen and oxygen atoms in total. The van der Waals surface area contributed by atoms with Gasteiger partial charge in [0, 0.05) is 38.3 Å². The normalized spacial score (nSPS) is 21.2. The van der Waals surface area contributed by atoms with E-state index in [9.17, 15) is 4.79 Å². The maximum Gasteiger partial charge on any atom is 0.254 e.